The van der Waals surface area contributed by atoms with Crippen molar-refractivity contribution in [2.24, 2.45) is 0 Å². The normalized spacial score (nSPS) is 14.9. The van der Waals surface area contributed by atoms with E-state index in [0.29, 0.717) is 37.9 Å². The molecule has 0 unspecified atom stereocenters. The Bertz CT molecular complexity index is 1150. The third kappa shape index (κ3) is 6.12. The van der Waals surface area contributed by atoms with Crippen molar-refractivity contribution >= 4 is 46.1 Å². The predicted octanol–water partition coefficient (Wildman–Crippen LogP) is 5.06. The van der Waals surface area contributed by atoms with E-state index in [0.717, 1.165) is 65.4 Å². The van der Waals surface area contributed by atoms with Crippen molar-refractivity contribution in [3.05, 3.63) is 41.0 Å². The van der Waals surface area contributed by atoms with E-state index in [4.69, 9.17) is 26.3 Å². The van der Waals surface area contributed by atoms with E-state index < -0.39 is 5.41 Å². The summed E-state index contributed by atoms with van der Waals surface area (Å²) in [5.74, 6) is 1.79. The van der Waals surface area contributed by atoms with Crippen LogP contribution >= 0.6 is 23.4 Å². The number of nitrogens with zero attached hydrogens (tertiary/aromatic N) is 4. The van der Waals surface area contributed by atoms with Gasteiger partial charge in [-0.05, 0) is 43.9 Å². The highest BCUT2D eigenvalue weighted by molar-refractivity contribution is 7.99. The Labute approximate surface area is 221 Å². The van der Waals surface area contributed by atoms with Gasteiger partial charge in [0.1, 0.15) is 5.82 Å². The number of nitrogens with one attached hydrogen (secondary N) is 2. The molecule has 2 aromatic heterocycles. The first-order chi connectivity index (χ1) is 17.6. The summed E-state index contributed by atoms with van der Waals surface area (Å²) < 4.78 is 7.30. The summed E-state index contributed by atoms with van der Waals surface area (Å²) in [6, 6.07) is 7.71. The fourth-order valence-electron chi connectivity index (χ4n) is 4.72. The number of amides is 1. The Morgan fingerprint density at radius 2 is 1.94 bits per heavy atom. The molecule has 10 heteroatoms. The van der Waals surface area contributed by atoms with Crippen molar-refractivity contribution in [2.45, 2.75) is 63.1 Å². The third-order valence-electron chi connectivity index (χ3n) is 6.55. The van der Waals surface area contributed by atoms with Gasteiger partial charge >= 0.3 is 0 Å². The average Bonchev–Trinajstić information content (AvgIpc) is 3.54. The van der Waals surface area contributed by atoms with Crippen LogP contribution in [0.4, 0.5) is 5.82 Å². The Morgan fingerprint density at radius 1 is 1.17 bits per heavy atom. The summed E-state index contributed by atoms with van der Waals surface area (Å²) in [5.41, 5.74) is 1.32. The van der Waals surface area contributed by atoms with E-state index in [1.54, 1.807) is 18.0 Å². The van der Waals surface area contributed by atoms with Gasteiger partial charge in [-0.25, -0.2) is 14.6 Å². The number of benzene rings is 1. The molecule has 1 aliphatic rings. The molecule has 1 saturated carbocycles. The zero-order chi connectivity index (χ0) is 25.4. The summed E-state index contributed by atoms with van der Waals surface area (Å²) in [6.07, 6.45) is 6.64. The first-order valence-corrected chi connectivity index (χ1v) is 14.2. The van der Waals surface area contributed by atoms with Gasteiger partial charge in [0.15, 0.2) is 10.8 Å². The topological polar surface area (TPSA) is 94.0 Å². The zero-order valence-electron chi connectivity index (χ0n) is 21.1. The van der Waals surface area contributed by atoms with Crippen molar-refractivity contribution in [1.82, 2.24) is 25.1 Å². The summed E-state index contributed by atoms with van der Waals surface area (Å²) in [5, 5.41) is 13.4. The maximum atomic E-state index is 13.4. The number of aromatic nitrogens is 4. The lowest BCUT2D eigenvalue weighted by molar-refractivity contribution is -0.126. The van der Waals surface area contributed by atoms with Gasteiger partial charge in [-0.2, -0.15) is 5.10 Å². The van der Waals surface area contributed by atoms with Gasteiger partial charge in [0.25, 0.3) is 0 Å². The van der Waals surface area contributed by atoms with E-state index in [-0.39, 0.29) is 5.91 Å². The van der Waals surface area contributed by atoms with Gasteiger partial charge in [-0.15, -0.1) is 0 Å². The maximum absolute atomic E-state index is 13.4. The first kappa shape index (κ1) is 26.7. The molecule has 2 N–H and O–H groups in total. The van der Waals surface area contributed by atoms with Gasteiger partial charge in [0.2, 0.25) is 5.91 Å². The molecule has 0 aliphatic heterocycles. The zero-order valence-corrected chi connectivity index (χ0v) is 22.6. The van der Waals surface area contributed by atoms with Gasteiger partial charge < -0.3 is 15.4 Å². The van der Waals surface area contributed by atoms with Gasteiger partial charge in [0.05, 0.1) is 30.1 Å². The van der Waals surface area contributed by atoms with E-state index in [9.17, 15) is 4.79 Å². The third-order valence-corrected chi connectivity index (χ3v) is 7.86. The lowest BCUT2D eigenvalue weighted by Crippen LogP contribution is -2.43. The van der Waals surface area contributed by atoms with Crippen LogP contribution in [-0.2, 0) is 21.5 Å². The largest absolute Gasteiger partial charge is 0.380 e. The van der Waals surface area contributed by atoms with E-state index >= 15 is 0 Å². The van der Waals surface area contributed by atoms with Crippen molar-refractivity contribution in [1.29, 1.82) is 0 Å². The highest BCUT2D eigenvalue weighted by atomic mass is 35.5. The average molecular weight is 531 g/mol. The molecule has 1 amide bonds. The van der Waals surface area contributed by atoms with E-state index in [1.807, 2.05) is 35.9 Å². The standard InChI is InChI=1S/C26H35ClN6O2S/c1-3-17-36-25-31-22(28-14-16-35-4-2)21-18-30-33(23(21)32-25)15-13-29-24(34)26(11-5-6-12-26)19-7-9-20(27)10-8-19/h7-10,18H,3-6,11-17H2,1-2H3,(H,29,34)(H,28,31,32). The smallest absolute Gasteiger partial charge is 0.230 e. The van der Waals surface area contributed by atoms with Crippen LogP contribution in [0.25, 0.3) is 11.0 Å². The van der Waals surface area contributed by atoms with Crippen LogP contribution in [0.5, 0.6) is 0 Å². The van der Waals surface area contributed by atoms with Crippen molar-refractivity contribution in [3.8, 4) is 0 Å². The molecule has 0 bridgehead atoms. The number of carbonyl (C=O) groups excluding carboxylic acids is 1. The number of rotatable bonds is 13. The van der Waals surface area contributed by atoms with Crippen LogP contribution in [0.2, 0.25) is 5.02 Å². The Kier molecular flexibility index (Phi) is 9.45. The van der Waals surface area contributed by atoms with Crippen LogP contribution in [0.3, 0.4) is 0 Å². The van der Waals surface area contributed by atoms with Crippen LogP contribution in [-0.4, -0.2) is 57.7 Å². The van der Waals surface area contributed by atoms with Gasteiger partial charge in [-0.3, -0.25) is 4.79 Å². The maximum Gasteiger partial charge on any atom is 0.230 e. The summed E-state index contributed by atoms with van der Waals surface area (Å²) in [6.45, 7) is 7.07. The lowest BCUT2D eigenvalue weighted by atomic mass is 9.78. The van der Waals surface area contributed by atoms with Crippen LogP contribution in [0, 0.1) is 0 Å². The number of ether oxygens (including phenoxy) is 1. The van der Waals surface area contributed by atoms with Crippen LogP contribution in [0.1, 0.15) is 51.5 Å². The highest BCUT2D eigenvalue weighted by Gasteiger charge is 2.42. The number of halogens is 1. The highest BCUT2D eigenvalue weighted by Crippen LogP contribution is 2.41. The second-order valence-electron chi connectivity index (χ2n) is 8.98. The van der Waals surface area contributed by atoms with Gasteiger partial charge in [-0.1, -0.05) is 55.3 Å². The Morgan fingerprint density at radius 3 is 2.67 bits per heavy atom. The van der Waals surface area contributed by atoms with Crippen LogP contribution in [0.15, 0.2) is 35.6 Å². The molecule has 3 aromatic rings. The van der Waals surface area contributed by atoms with Crippen LogP contribution < -0.4 is 10.6 Å². The van der Waals surface area contributed by atoms with Crippen molar-refractivity contribution in [3.63, 3.8) is 0 Å². The van der Waals surface area contributed by atoms with Crippen molar-refractivity contribution in [2.75, 3.05) is 37.4 Å². The molecule has 4 rings (SSSR count). The predicted molar refractivity (Wildman–Crippen MR) is 146 cm³/mol. The molecule has 0 atom stereocenters. The molecule has 1 aliphatic carbocycles. The molecule has 2 heterocycles. The number of hydrogen-bond donors (Lipinski definition) is 2. The fraction of sp³-hybridized carbons (Fsp3) is 0.538. The number of thioether (sulfide) groups is 1. The van der Waals surface area contributed by atoms with E-state index in [1.165, 1.54) is 0 Å². The Balaban J connectivity index is 1.47. The Hall–Kier alpha value is -2.36. The monoisotopic (exact) mass is 530 g/mol. The van der Waals surface area contributed by atoms with Gasteiger partial charge in [0, 0.05) is 30.5 Å². The summed E-state index contributed by atoms with van der Waals surface area (Å²) in [7, 11) is 0. The number of fused-ring (bicyclic) bond motifs is 1. The summed E-state index contributed by atoms with van der Waals surface area (Å²) >= 11 is 7.73. The molecule has 0 radical (unpaired) electrons. The second-order valence-corrected chi connectivity index (χ2v) is 10.5. The molecule has 0 spiro atoms. The molecular formula is C26H35ClN6O2S. The van der Waals surface area contributed by atoms with E-state index in [2.05, 4.69) is 22.7 Å². The molecular weight excluding hydrogens is 496 g/mol. The molecule has 194 valence electrons. The molecule has 1 fully saturated rings. The summed E-state index contributed by atoms with van der Waals surface area (Å²) in [4.78, 5) is 22.9. The molecule has 8 nitrogen and oxygen atoms in total. The number of hydrogen-bond acceptors (Lipinski definition) is 7. The first-order valence-electron chi connectivity index (χ1n) is 12.8. The quantitative estimate of drug-likeness (QED) is 0.181. The SMILES string of the molecule is CCCSc1nc(NCCOCC)c2cnn(CCNC(=O)C3(c4ccc(Cl)cc4)CCCC3)c2n1. The lowest BCUT2D eigenvalue weighted by Gasteiger charge is -2.28. The minimum absolute atomic E-state index is 0.0749. The molecule has 0 saturated heterocycles. The van der Waals surface area contributed by atoms with Crippen molar-refractivity contribution < 1.29 is 9.53 Å². The second kappa shape index (κ2) is 12.7. The minimum Gasteiger partial charge on any atom is -0.380 e. The number of anilines is 1. The number of carbonyl (C=O) groups is 1. The minimum atomic E-state index is -0.486. The molecule has 1 aromatic carbocycles. The fourth-order valence-corrected chi connectivity index (χ4v) is 5.54. The molecule has 36 heavy (non-hydrogen) atoms.